The molecule has 88 valence electrons. The van der Waals surface area contributed by atoms with Crippen molar-refractivity contribution in [3.8, 4) is 11.5 Å². The molecule has 0 saturated heterocycles. The van der Waals surface area contributed by atoms with Crippen LogP contribution in [0.1, 0.15) is 5.56 Å². The highest BCUT2D eigenvalue weighted by Crippen LogP contribution is 2.36. The number of rotatable bonds is 3. The molecule has 0 bridgehead atoms. The van der Waals surface area contributed by atoms with E-state index in [1.807, 2.05) is 0 Å². The van der Waals surface area contributed by atoms with Crippen LogP contribution in [0.25, 0.3) is 0 Å². The highest BCUT2D eigenvalue weighted by molar-refractivity contribution is 5.48. The van der Waals surface area contributed by atoms with Crippen molar-refractivity contribution in [3.63, 3.8) is 0 Å². The van der Waals surface area contributed by atoms with Gasteiger partial charge in [0.2, 0.25) is 0 Å². The van der Waals surface area contributed by atoms with Crippen LogP contribution >= 0.6 is 0 Å². The minimum absolute atomic E-state index is 0.00574. The first-order valence-electron chi connectivity index (χ1n) is 4.76. The molecule has 1 N–H and O–H groups in total. The second-order valence-corrected chi connectivity index (χ2v) is 3.20. The van der Waals surface area contributed by atoms with E-state index in [-0.39, 0.29) is 23.6 Å². The number of fused-ring (bicyclic) bond motifs is 1. The average Bonchev–Trinajstić information content (AvgIpc) is 2.30. The molecule has 1 aromatic rings. The molecular weight excluding hydrogens is 220 g/mol. The van der Waals surface area contributed by atoms with E-state index in [0.29, 0.717) is 13.2 Å². The number of nitrogens with one attached hydrogen (secondary N) is 1. The lowest BCUT2D eigenvalue weighted by Gasteiger charge is -2.21. The number of halogens is 2. The van der Waals surface area contributed by atoms with Gasteiger partial charge >= 0.3 is 0 Å². The standard InChI is InChI=1S/C10H11F2NO3/c1-14-13-5-6-9(12)7(11)4-8-10(6)16-3-2-15-8/h4,13H,2-3,5H2,1H3. The van der Waals surface area contributed by atoms with Gasteiger partial charge in [-0.15, -0.1) is 0 Å². The Kier molecular flexibility index (Phi) is 3.21. The maximum absolute atomic E-state index is 13.5. The summed E-state index contributed by atoms with van der Waals surface area (Å²) in [6.45, 7) is 0.652. The predicted octanol–water partition coefficient (Wildman–Crippen LogP) is 1.39. The fourth-order valence-corrected chi connectivity index (χ4v) is 1.50. The number of hydroxylamine groups is 1. The van der Waals surface area contributed by atoms with Crippen LogP contribution in [-0.4, -0.2) is 20.3 Å². The van der Waals surface area contributed by atoms with Crippen LogP contribution in [0.5, 0.6) is 11.5 Å². The van der Waals surface area contributed by atoms with E-state index in [2.05, 4.69) is 10.3 Å². The second kappa shape index (κ2) is 4.63. The van der Waals surface area contributed by atoms with Gasteiger partial charge in [0.05, 0.1) is 19.2 Å². The normalized spacial score (nSPS) is 13.9. The molecule has 1 heterocycles. The molecular formula is C10H11F2NO3. The highest BCUT2D eigenvalue weighted by atomic mass is 19.2. The Balaban J connectivity index is 2.41. The summed E-state index contributed by atoms with van der Waals surface area (Å²) >= 11 is 0. The van der Waals surface area contributed by atoms with Crippen LogP contribution in [0.15, 0.2) is 6.07 Å². The molecule has 0 aliphatic carbocycles. The monoisotopic (exact) mass is 231 g/mol. The zero-order valence-corrected chi connectivity index (χ0v) is 8.68. The van der Waals surface area contributed by atoms with Crippen molar-refractivity contribution in [2.24, 2.45) is 0 Å². The molecule has 0 spiro atoms. The van der Waals surface area contributed by atoms with E-state index in [1.165, 1.54) is 7.11 Å². The summed E-state index contributed by atoms with van der Waals surface area (Å²) in [5, 5.41) is 0. The van der Waals surface area contributed by atoms with Crippen molar-refractivity contribution in [1.82, 2.24) is 5.48 Å². The fraction of sp³-hybridized carbons (Fsp3) is 0.400. The van der Waals surface area contributed by atoms with Gasteiger partial charge in [-0.1, -0.05) is 0 Å². The van der Waals surface area contributed by atoms with Crippen LogP contribution in [0.4, 0.5) is 8.78 Å². The number of benzene rings is 1. The van der Waals surface area contributed by atoms with Gasteiger partial charge in [0.25, 0.3) is 0 Å². The average molecular weight is 231 g/mol. The first kappa shape index (κ1) is 11.1. The third-order valence-electron chi connectivity index (χ3n) is 2.21. The van der Waals surface area contributed by atoms with E-state index in [4.69, 9.17) is 9.47 Å². The summed E-state index contributed by atoms with van der Waals surface area (Å²) in [6.07, 6.45) is 0. The maximum Gasteiger partial charge on any atom is 0.169 e. The van der Waals surface area contributed by atoms with Gasteiger partial charge in [-0.25, -0.2) is 8.78 Å². The fourth-order valence-electron chi connectivity index (χ4n) is 1.50. The van der Waals surface area contributed by atoms with Gasteiger partial charge in [0.15, 0.2) is 23.1 Å². The van der Waals surface area contributed by atoms with E-state index >= 15 is 0 Å². The van der Waals surface area contributed by atoms with Gasteiger partial charge in [-0.2, -0.15) is 5.48 Å². The van der Waals surface area contributed by atoms with Crippen molar-refractivity contribution in [2.45, 2.75) is 6.54 Å². The number of hydrogen-bond acceptors (Lipinski definition) is 4. The number of ether oxygens (including phenoxy) is 2. The summed E-state index contributed by atoms with van der Waals surface area (Å²) in [7, 11) is 1.39. The van der Waals surface area contributed by atoms with Crippen molar-refractivity contribution < 1.29 is 23.1 Å². The molecule has 1 aliphatic heterocycles. The molecule has 0 radical (unpaired) electrons. The molecule has 16 heavy (non-hydrogen) atoms. The third kappa shape index (κ3) is 1.94. The summed E-state index contributed by atoms with van der Waals surface area (Å²) < 4.78 is 37.2. The first-order valence-corrected chi connectivity index (χ1v) is 4.76. The van der Waals surface area contributed by atoms with Gasteiger partial charge in [0.1, 0.15) is 13.2 Å². The van der Waals surface area contributed by atoms with Crippen LogP contribution in [0.3, 0.4) is 0 Å². The molecule has 0 fully saturated rings. The molecule has 0 saturated carbocycles. The lowest BCUT2D eigenvalue weighted by atomic mass is 10.1. The number of hydrogen-bond donors (Lipinski definition) is 1. The summed E-state index contributed by atoms with van der Waals surface area (Å²) in [5.74, 6) is -1.46. The topological polar surface area (TPSA) is 39.7 Å². The molecule has 0 atom stereocenters. The van der Waals surface area contributed by atoms with Crippen molar-refractivity contribution >= 4 is 0 Å². The van der Waals surface area contributed by atoms with Crippen molar-refractivity contribution in [2.75, 3.05) is 20.3 Å². The minimum atomic E-state index is -0.961. The summed E-state index contributed by atoms with van der Waals surface area (Å²) in [5.41, 5.74) is 2.51. The molecule has 0 amide bonds. The molecule has 1 aromatic carbocycles. The van der Waals surface area contributed by atoms with Gasteiger partial charge in [0, 0.05) is 6.07 Å². The molecule has 4 nitrogen and oxygen atoms in total. The van der Waals surface area contributed by atoms with Crippen LogP contribution in [-0.2, 0) is 11.4 Å². The minimum Gasteiger partial charge on any atom is -0.486 e. The maximum atomic E-state index is 13.5. The largest absolute Gasteiger partial charge is 0.486 e. The van der Waals surface area contributed by atoms with Crippen molar-refractivity contribution in [3.05, 3.63) is 23.3 Å². The Bertz CT molecular complexity index is 398. The Labute approximate surface area is 91.1 Å². The first-order chi connectivity index (χ1) is 7.74. The van der Waals surface area contributed by atoms with E-state index in [0.717, 1.165) is 6.07 Å². The molecule has 0 unspecified atom stereocenters. The highest BCUT2D eigenvalue weighted by Gasteiger charge is 2.23. The van der Waals surface area contributed by atoms with Gasteiger partial charge < -0.3 is 14.3 Å². The Morgan fingerprint density at radius 2 is 2.12 bits per heavy atom. The van der Waals surface area contributed by atoms with E-state index < -0.39 is 11.6 Å². The summed E-state index contributed by atoms with van der Waals surface area (Å²) in [6, 6.07) is 0.986. The molecule has 1 aliphatic rings. The lowest BCUT2D eigenvalue weighted by Crippen LogP contribution is -2.20. The van der Waals surface area contributed by atoms with Gasteiger partial charge in [-0.05, 0) is 0 Å². The van der Waals surface area contributed by atoms with Crippen LogP contribution in [0.2, 0.25) is 0 Å². The second-order valence-electron chi connectivity index (χ2n) is 3.20. The predicted molar refractivity (Wildman–Crippen MR) is 51.2 cm³/mol. The molecule has 6 heteroatoms. The zero-order chi connectivity index (χ0) is 11.5. The Morgan fingerprint density at radius 3 is 2.88 bits per heavy atom. The summed E-state index contributed by atoms with van der Waals surface area (Å²) in [4.78, 5) is 4.60. The SMILES string of the molecule is CONCc1c(F)c(F)cc2c1OCCO2. The molecule has 2 rings (SSSR count). The zero-order valence-electron chi connectivity index (χ0n) is 8.68. The van der Waals surface area contributed by atoms with Crippen molar-refractivity contribution in [1.29, 1.82) is 0 Å². The van der Waals surface area contributed by atoms with E-state index in [9.17, 15) is 8.78 Å². The molecule has 0 aromatic heterocycles. The van der Waals surface area contributed by atoms with Crippen LogP contribution < -0.4 is 15.0 Å². The third-order valence-corrected chi connectivity index (χ3v) is 2.21. The van der Waals surface area contributed by atoms with Crippen LogP contribution in [0, 0.1) is 11.6 Å². The lowest BCUT2D eigenvalue weighted by molar-refractivity contribution is 0.0836. The quantitative estimate of drug-likeness (QED) is 0.798. The smallest absolute Gasteiger partial charge is 0.169 e. The Morgan fingerprint density at radius 1 is 1.38 bits per heavy atom. The van der Waals surface area contributed by atoms with E-state index in [1.54, 1.807) is 0 Å². The van der Waals surface area contributed by atoms with Gasteiger partial charge in [-0.3, -0.25) is 0 Å². The Hall–Kier alpha value is -1.40.